The van der Waals surface area contributed by atoms with Crippen LogP contribution in [0.3, 0.4) is 0 Å². The molecule has 0 saturated carbocycles. The lowest BCUT2D eigenvalue weighted by atomic mass is 10.2. The molecule has 0 atom stereocenters. The van der Waals surface area contributed by atoms with Gasteiger partial charge in [-0.05, 0) is 19.1 Å². The number of hydrogen-bond acceptors (Lipinski definition) is 3. The third-order valence-electron chi connectivity index (χ3n) is 1.55. The molecular formula is C10H11NO2. The second-order valence-electron chi connectivity index (χ2n) is 2.62. The Labute approximate surface area is 77.1 Å². The van der Waals surface area contributed by atoms with Crippen molar-refractivity contribution < 1.29 is 9.53 Å². The molecule has 0 fully saturated rings. The van der Waals surface area contributed by atoms with Gasteiger partial charge in [0.25, 0.3) is 0 Å². The summed E-state index contributed by atoms with van der Waals surface area (Å²) in [5.41, 5.74) is 1.91. The van der Waals surface area contributed by atoms with Gasteiger partial charge < -0.3 is 4.74 Å². The third-order valence-corrected chi connectivity index (χ3v) is 1.55. The van der Waals surface area contributed by atoms with E-state index in [4.69, 9.17) is 0 Å². The summed E-state index contributed by atoms with van der Waals surface area (Å²) < 4.78 is 4.41. The fraction of sp³-hybridized carbons (Fsp3) is 0.200. The molecule has 0 N–H and O–H groups in total. The van der Waals surface area contributed by atoms with Crippen LogP contribution in [-0.4, -0.2) is 19.3 Å². The van der Waals surface area contributed by atoms with Crippen molar-refractivity contribution >= 4 is 17.9 Å². The largest absolute Gasteiger partial charge is 0.465 e. The Balaban J connectivity index is 2.69. The average molecular weight is 177 g/mol. The van der Waals surface area contributed by atoms with Crippen LogP contribution in [0, 0.1) is 6.92 Å². The van der Waals surface area contributed by atoms with E-state index in [1.165, 1.54) is 7.11 Å². The fourth-order valence-corrected chi connectivity index (χ4v) is 0.811. The standard InChI is InChI=1S/C10H11NO2/c1-8-3-5-9(6-4-8)11-7-10(12)13-2/h3-7H,1-2H3. The van der Waals surface area contributed by atoms with Crippen LogP contribution in [0.4, 0.5) is 5.69 Å². The number of carbonyl (C=O) groups is 1. The highest BCUT2D eigenvalue weighted by molar-refractivity contribution is 6.23. The molecule has 0 saturated heterocycles. The first kappa shape index (κ1) is 9.45. The highest BCUT2D eigenvalue weighted by Crippen LogP contribution is 2.11. The first-order chi connectivity index (χ1) is 6.22. The van der Waals surface area contributed by atoms with Crippen molar-refractivity contribution in [2.75, 3.05) is 7.11 Å². The van der Waals surface area contributed by atoms with E-state index >= 15 is 0 Å². The normalized spacial score (nSPS) is 10.3. The molecule has 13 heavy (non-hydrogen) atoms. The molecule has 1 aromatic carbocycles. The van der Waals surface area contributed by atoms with Gasteiger partial charge in [-0.15, -0.1) is 0 Å². The summed E-state index contributed by atoms with van der Waals surface area (Å²) in [6.07, 6.45) is 1.16. The summed E-state index contributed by atoms with van der Waals surface area (Å²) in [5.74, 6) is -0.444. The summed E-state index contributed by atoms with van der Waals surface area (Å²) in [4.78, 5) is 14.6. The molecule has 0 aliphatic carbocycles. The Morgan fingerprint density at radius 2 is 2.00 bits per heavy atom. The van der Waals surface area contributed by atoms with Crippen LogP contribution in [0.1, 0.15) is 5.56 Å². The number of benzene rings is 1. The number of aryl methyl sites for hydroxylation is 1. The van der Waals surface area contributed by atoms with Gasteiger partial charge in [0.05, 0.1) is 12.8 Å². The van der Waals surface area contributed by atoms with Crippen molar-refractivity contribution in [2.45, 2.75) is 6.92 Å². The maximum absolute atomic E-state index is 10.7. The number of esters is 1. The molecule has 1 aromatic rings. The number of rotatable bonds is 2. The third kappa shape index (κ3) is 3.07. The Hall–Kier alpha value is -1.64. The molecule has 0 aliphatic rings. The van der Waals surface area contributed by atoms with Crippen molar-refractivity contribution in [1.29, 1.82) is 0 Å². The number of methoxy groups -OCH3 is 1. The van der Waals surface area contributed by atoms with Gasteiger partial charge >= 0.3 is 5.97 Å². The average Bonchev–Trinajstić information content (AvgIpc) is 2.16. The maximum atomic E-state index is 10.7. The number of nitrogens with zero attached hydrogens (tertiary/aromatic N) is 1. The van der Waals surface area contributed by atoms with Gasteiger partial charge in [0.15, 0.2) is 0 Å². The first-order valence-corrected chi connectivity index (χ1v) is 3.91. The lowest BCUT2D eigenvalue weighted by Gasteiger charge is -1.93. The van der Waals surface area contributed by atoms with E-state index in [9.17, 15) is 4.79 Å². The van der Waals surface area contributed by atoms with Crippen LogP contribution in [0.15, 0.2) is 29.3 Å². The zero-order valence-electron chi connectivity index (χ0n) is 7.65. The molecule has 1 rings (SSSR count). The molecule has 3 nitrogen and oxygen atoms in total. The zero-order valence-corrected chi connectivity index (χ0v) is 7.65. The SMILES string of the molecule is COC(=O)C=Nc1ccc(C)cc1. The minimum atomic E-state index is -0.444. The monoisotopic (exact) mass is 177 g/mol. The fourth-order valence-electron chi connectivity index (χ4n) is 0.811. The summed E-state index contributed by atoms with van der Waals surface area (Å²) in [6.45, 7) is 1.99. The van der Waals surface area contributed by atoms with Crippen molar-refractivity contribution in [2.24, 2.45) is 4.99 Å². The topological polar surface area (TPSA) is 38.7 Å². The molecule has 0 spiro atoms. The van der Waals surface area contributed by atoms with Gasteiger partial charge in [0, 0.05) is 0 Å². The quantitative estimate of drug-likeness (QED) is 0.511. The predicted molar refractivity (Wildman–Crippen MR) is 51.3 cm³/mol. The van der Waals surface area contributed by atoms with Crippen molar-refractivity contribution in [3.8, 4) is 0 Å². The lowest BCUT2D eigenvalue weighted by molar-refractivity contribution is -0.132. The molecule has 0 heterocycles. The first-order valence-electron chi connectivity index (χ1n) is 3.91. The Morgan fingerprint density at radius 1 is 1.38 bits per heavy atom. The molecule has 0 aromatic heterocycles. The molecule has 0 aliphatic heterocycles. The minimum Gasteiger partial charge on any atom is -0.465 e. The summed E-state index contributed by atoms with van der Waals surface area (Å²) in [5, 5.41) is 0. The Kier molecular flexibility index (Phi) is 3.20. The highest BCUT2D eigenvalue weighted by Gasteiger charge is 1.92. The summed E-state index contributed by atoms with van der Waals surface area (Å²) >= 11 is 0. The van der Waals surface area contributed by atoms with Gasteiger partial charge in [0.2, 0.25) is 0 Å². The number of hydrogen-bond donors (Lipinski definition) is 0. The summed E-state index contributed by atoms with van der Waals surface area (Å²) in [7, 11) is 1.32. The molecule has 68 valence electrons. The smallest absolute Gasteiger partial charge is 0.349 e. The molecule has 0 amide bonds. The van der Waals surface area contributed by atoms with Crippen molar-refractivity contribution in [1.82, 2.24) is 0 Å². The zero-order chi connectivity index (χ0) is 9.68. The van der Waals surface area contributed by atoms with Gasteiger partial charge in [-0.2, -0.15) is 0 Å². The van der Waals surface area contributed by atoms with Crippen molar-refractivity contribution in [3.63, 3.8) is 0 Å². The molecule has 0 bridgehead atoms. The molecule has 3 heteroatoms. The lowest BCUT2D eigenvalue weighted by Crippen LogP contribution is -1.99. The van der Waals surface area contributed by atoms with Gasteiger partial charge in [0.1, 0.15) is 6.21 Å². The van der Waals surface area contributed by atoms with Crippen LogP contribution in [0.25, 0.3) is 0 Å². The van der Waals surface area contributed by atoms with E-state index in [1.807, 2.05) is 31.2 Å². The predicted octanol–water partition coefficient (Wildman–Crippen LogP) is 1.87. The molecular weight excluding hydrogens is 166 g/mol. The van der Waals surface area contributed by atoms with E-state index in [2.05, 4.69) is 9.73 Å². The number of carbonyl (C=O) groups excluding carboxylic acids is 1. The van der Waals surface area contributed by atoms with Crippen LogP contribution in [0.5, 0.6) is 0 Å². The maximum Gasteiger partial charge on any atom is 0.349 e. The molecule has 0 radical (unpaired) electrons. The van der Waals surface area contributed by atoms with Crippen LogP contribution in [-0.2, 0) is 9.53 Å². The van der Waals surface area contributed by atoms with Crippen LogP contribution in [0.2, 0.25) is 0 Å². The van der Waals surface area contributed by atoms with E-state index in [0.717, 1.165) is 17.5 Å². The second-order valence-corrected chi connectivity index (χ2v) is 2.62. The van der Waals surface area contributed by atoms with E-state index in [-0.39, 0.29) is 0 Å². The summed E-state index contributed by atoms with van der Waals surface area (Å²) in [6, 6.07) is 7.55. The van der Waals surface area contributed by atoms with E-state index in [0.29, 0.717) is 0 Å². The van der Waals surface area contributed by atoms with Gasteiger partial charge in [-0.3, -0.25) is 0 Å². The number of ether oxygens (including phenoxy) is 1. The Bertz CT molecular complexity index is 314. The highest BCUT2D eigenvalue weighted by atomic mass is 16.5. The van der Waals surface area contributed by atoms with Crippen LogP contribution >= 0.6 is 0 Å². The molecule has 0 unspecified atom stereocenters. The van der Waals surface area contributed by atoms with E-state index in [1.54, 1.807) is 0 Å². The second kappa shape index (κ2) is 4.40. The van der Waals surface area contributed by atoms with Gasteiger partial charge in [-0.25, -0.2) is 9.79 Å². The Morgan fingerprint density at radius 3 is 2.54 bits per heavy atom. The number of aliphatic imine (C=N–C) groups is 1. The van der Waals surface area contributed by atoms with E-state index < -0.39 is 5.97 Å². The van der Waals surface area contributed by atoms with Gasteiger partial charge in [-0.1, -0.05) is 17.7 Å². The van der Waals surface area contributed by atoms with Crippen LogP contribution < -0.4 is 0 Å². The minimum absolute atomic E-state index is 0.444. The van der Waals surface area contributed by atoms with Crippen molar-refractivity contribution in [3.05, 3.63) is 29.8 Å².